The molecule has 21 heavy (non-hydrogen) atoms. The van der Waals surface area contributed by atoms with Crippen molar-refractivity contribution < 1.29 is 14.3 Å². The lowest BCUT2D eigenvalue weighted by molar-refractivity contribution is -0.140. The molecule has 1 aromatic rings. The van der Waals surface area contributed by atoms with Crippen molar-refractivity contribution in [3.63, 3.8) is 0 Å². The maximum Gasteiger partial charge on any atom is 0.305 e. The molecular formula is C16H24ClNO3. The van der Waals surface area contributed by atoms with E-state index in [1.807, 2.05) is 18.2 Å². The van der Waals surface area contributed by atoms with Crippen molar-refractivity contribution in [2.75, 3.05) is 20.3 Å². The predicted octanol–water partition coefficient (Wildman–Crippen LogP) is 3.42. The van der Waals surface area contributed by atoms with Gasteiger partial charge in [-0.3, -0.25) is 4.79 Å². The molecule has 0 radical (unpaired) electrons. The highest BCUT2D eigenvalue weighted by atomic mass is 35.5. The van der Waals surface area contributed by atoms with Gasteiger partial charge < -0.3 is 14.8 Å². The number of nitrogens with one attached hydrogen (secondary N) is 1. The lowest BCUT2D eigenvalue weighted by Gasteiger charge is -2.13. The molecule has 0 heterocycles. The third-order valence-electron chi connectivity index (χ3n) is 2.90. The molecule has 5 heteroatoms. The highest BCUT2D eigenvalue weighted by Gasteiger charge is 2.06. The van der Waals surface area contributed by atoms with Gasteiger partial charge in [-0.25, -0.2) is 0 Å². The van der Waals surface area contributed by atoms with Crippen molar-refractivity contribution >= 4 is 17.6 Å². The molecule has 0 unspecified atom stereocenters. The van der Waals surface area contributed by atoms with Crippen LogP contribution in [0.25, 0.3) is 0 Å². The first kappa shape index (κ1) is 17.8. The quantitative estimate of drug-likeness (QED) is 0.560. The van der Waals surface area contributed by atoms with E-state index in [1.54, 1.807) is 0 Å². The van der Waals surface area contributed by atoms with E-state index < -0.39 is 0 Å². The molecule has 0 saturated heterocycles. The topological polar surface area (TPSA) is 47.6 Å². The summed E-state index contributed by atoms with van der Waals surface area (Å²) in [6.45, 7) is 6.46. The van der Waals surface area contributed by atoms with Crippen LogP contribution in [0.2, 0.25) is 5.02 Å². The van der Waals surface area contributed by atoms with Crippen LogP contribution < -0.4 is 10.1 Å². The van der Waals surface area contributed by atoms with E-state index in [4.69, 9.17) is 16.3 Å². The van der Waals surface area contributed by atoms with Crippen molar-refractivity contribution in [2.45, 2.75) is 33.2 Å². The minimum absolute atomic E-state index is 0.214. The van der Waals surface area contributed by atoms with E-state index in [0.717, 1.165) is 17.9 Å². The van der Waals surface area contributed by atoms with Gasteiger partial charge in [0.05, 0.1) is 13.7 Å². The number of carbonyl (C=O) groups excluding carboxylic acids is 1. The van der Waals surface area contributed by atoms with Gasteiger partial charge in [0.15, 0.2) is 0 Å². The standard InChI is InChI=1S/C16H24ClNO3/c1-12(2)10-18-11-13-9-14(17)6-7-15(13)21-8-4-5-16(19)20-3/h6-7,9,12,18H,4-5,8,10-11H2,1-3H3. The fraction of sp³-hybridized carbons (Fsp3) is 0.562. The molecule has 1 aromatic carbocycles. The fourth-order valence-electron chi connectivity index (χ4n) is 1.82. The number of hydrogen-bond donors (Lipinski definition) is 1. The lowest BCUT2D eigenvalue weighted by Crippen LogP contribution is -2.19. The average Bonchev–Trinajstić information content (AvgIpc) is 2.44. The van der Waals surface area contributed by atoms with Crippen LogP contribution in [0.5, 0.6) is 5.75 Å². The molecule has 0 aromatic heterocycles. The Bertz CT molecular complexity index is 449. The van der Waals surface area contributed by atoms with Gasteiger partial charge in [-0.1, -0.05) is 25.4 Å². The summed E-state index contributed by atoms with van der Waals surface area (Å²) < 4.78 is 10.3. The number of hydrogen-bond acceptors (Lipinski definition) is 4. The van der Waals surface area contributed by atoms with Crippen LogP contribution >= 0.6 is 11.6 Å². The number of methoxy groups -OCH3 is 1. The van der Waals surface area contributed by atoms with Crippen LogP contribution in [0, 0.1) is 5.92 Å². The van der Waals surface area contributed by atoms with Gasteiger partial charge in [0, 0.05) is 23.6 Å². The predicted molar refractivity (Wildman–Crippen MR) is 84.7 cm³/mol. The Kier molecular flexibility index (Phi) is 8.16. The van der Waals surface area contributed by atoms with Crippen molar-refractivity contribution in [1.82, 2.24) is 5.32 Å². The maximum atomic E-state index is 11.0. The number of ether oxygens (including phenoxy) is 2. The molecular weight excluding hydrogens is 290 g/mol. The zero-order valence-electron chi connectivity index (χ0n) is 12.9. The van der Waals surface area contributed by atoms with Crippen LogP contribution in [0.3, 0.4) is 0 Å². The maximum absolute atomic E-state index is 11.0. The summed E-state index contributed by atoms with van der Waals surface area (Å²) in [5.74, 6) is 1.18. The number of esters is 1. The third-order valence-corrected chi connectivity index (χ3v) is 3.14. The van der Waals surface area contributed by atoms with E-state index in [-0.39, 0.29) is 5.97 Å². The minimum atomic E-state index is -0.214. The molecule has 0 bridgehead atoms. The zero-order chi connectivity index (χ0) is 15.7. The molecule has 0 aliphatic carbocycles. The van der Waals surface area contributed by atoms with E-state index in [9.17, 15) is 4.79 Å². The summed E-state index contributed by atoms with van der Waals surface area (Å²) in [5.41, 5.74) is 1.03. The second-order valence-electron chi connectivity index (χ2n) is 5.30. The summed E-state index contributed by atoms with van der Waals surface area (Å²) in [5, 5.41) is 4.07. The minimum Gasteiger partial charge on any atom is -0.493 e. The molecule has 0 fully saturated rings. The molecule has 1 rings (SSSR count). The Morgan fingerprint density at radius 2 is 2.14 bits per heavy atom. The fourth-order valence-corrected chi connectivity index (χ4v) is 2.02. The van der Waals surface area contributed by atoms with Gasteiger partial charge in [0.2, 0.25) is 0 Å². The molecule has 4 nitrogen and oxygen atoms in total. The number of rotatable bonds is 9. The molecule has 0 aliphatic heterocycles. The van der Waals surface area contributed by atoms with Gasteiger partial charge >= 0.3 is 5.97 Å². The normalized spacial score (nSPS) is 10.7. The van der Waals surface area contributed by atoms with Crippen molar-refractivity contribution in [2.24, 2.45) is 5.92 Å². The lowest BCUT2D eigenvalue weighted by atomic mass is 10.1. The zero-order valence-corrected chi connectivity index (χ0v) is 13.7. The van der Waals surface area contributed by atoms with E-state index in [2.05, 4.69) is 23.9 Å². The molecule has 0 amide bonds. The van der Waals surface area contributed by atoms with Gasteiger partial charge in [0.1, 0.15) is 5.75 Å². The Labute approximate surface area is 131 Å². The second-order valence-corrected chi connectivity index (χ2v) is 5.74. The van der Waals surface area contributed by atoms with Crippen molar-refractivity contribution in [3.05, 3.63) is 28.8 Å². The summed E-state index contributed by atoms with van der Waals surface area (Å²) in [6, 6.07) is 5.58. The van der Waals surface area contributed by atoms with Crippen LogP contribution in [0.15, 0.2) is 18.2 Å². The van der Waals surface area contributed by atoms with E-state index in [1.165, 1.54) is 7.11 Å². The van der Waals surface area contributed by atoms with Crippen LogP contribution in [0.1, 0.15) is 32.3 Å². The van der Waals surface area contributed by atoms with E-state index in [0.29, 0.717) is 36.9 Å². The Balaban J connectivity index is 2.49. The van der Waals surface area contributed by atoms with Crippen molar-refractivity contribution in [3.8, 4) is 5.75 Å². The molecule has 0 saturated carbocycles. The van der Waals surface area contributed by atoms with Crippen LogP contribution in [0.4, 0.5) is 0 Å². The Hall–Kier alpha value is -1.26. The van der Waals surface area contributed by atoms with E-state index >= 15 is 0 Å². The molecule has 0 spiro atoms. The molecule has 0 atom stereocenters. The summed E-state index contributed by atoms with van der Waals surface area (Å²) in [4.78, 5) is 11.0. The highest BCUT2D eigenvalue weighted by molar-refractivity contribution is 6.30. The molecule has 0 aliphatic rings. The van der Waals surface area contributed by atoms with Gasteiger partial charge in [-0.2, -0.15) is 0 Å². The van der Waals surface area contributed by atoms with Gasteiger partial charge in [0.25, 0.3) is 0 Å². The first-order valence-corrected chi connectivity index (χ1v) is 7.59. The molecule has 118 valence electrons. The summed E-state index contributed by atoms with van der Waals surface area (Å²) >= 11 is 6.04. The first-order chi connectivity index (χ1) is 10.0. The number of halogens is 1. The Morgan fingerprint density at radius 1 is 1.38 bits per heavy atom. The number of carbonyl (C=O) groups is 1. The monoisotopic (exact) mass is 313 g/mol. The third kappa shape index (κ3) is 7.34. The summed E-state index contributed by atoms with van der Waals surface area (Å²) in [6.07, 6.45) is 0.999. The van der Waals surface area contributed by atoms with Gasteiger partial charge in [-0.05, 0) is 37.1 Å². The highest BCUT2D eigenvalue weighted by Crippen LogP contribution is 2.23. The smallest absolute Gasteiger partial charge is 0.305 e. The van der Waals surface area contributed by atoms with Gasteiger partial charge in [-0.15, -0.1) is 0 Å². The average molecular weight is 314 g/mol. The van der Waals surface area contributed by atoms with Crippen LogP contribution in [-0.2, 0) is 16.1 Å². The van der Waals surface area contributed by atoms with Crippen LogP contribution in [-0.4, -0.2) is 26.2 Å². The number of benzene rings is 1. The summed E-state index contributed by atoms with van der Waals surface area (Å²) in [7, 11) is 1.39. The largest absolute Gasteiger partial charge is 0.493 e. The molecule has 1 N–H and O–H groups in total. The SMILES string of the molecule is COC(=O)CCCOc1ccc(Cl)cc1CNCC(C)C. The second kappa shape index (κ2) is 9.64. The first-order valence-electron chi connectivity index (χ1n) is 7.21. The van der Waals surface area contributed by atoms with Crippen molar-refractivity contribution in [1.29, 1.82) is 0 Å². The Morgan fingerprint density at radius 3 is 2.81 bits per heavy atom.